The molecule has 3 N–H and O–H groups in total. The van der Waals surface area contributed by atoms with Crippen LogP contribution < -0.4 is 5.73 Å². The van der Waals surface area contributed by atoms with E-state index in [1.165, 1.54) is 17.0 Å². The summed E-state index contributed by atoms with van der Waals surface area (Å²) in [6.07, 6.45) is 1.08. The summed E-state index contributed by atoms with van der Waals surface area (Å²) in [7, 11) is 0. The lowest BCUT2D eigenvalue weighted by atomic mass is 9.94. The molecule has 1 aliphatic carbocycles. The highest BCUT2D eigenvalue weighted by Gasteiger charge is 2.31. The molecule has 2 atom stereocenters. The van der Waals surface area contributed by atoms with E-state index in [0.717, 1.165) is 13.0 Å². The van der Waals surface area contributed by atoms with Gasteiger partial charge in [0.1, 0.15) is 0 Å². The normalized spacial score (nSPS) is 27.6. The van der Waals surface area contributed by atoms with Crippen molar-refractivity contribution in [1.29, 1.82) is 0 Å². The van der Waals surface area contributed by atoms with Gasteiger partial charge in [0.25, 0.3) is 0 Å². The van der Waals surface area contributed by atoms with Gasteiger partial charge >= 0.3 is 0 Å². The first-order chi connectivity index (χ1) is 5.74. The summed E-state index contributed by atoms with van der Waals surface area (Å²) in [5.41, 5.74) is 9.54. The van der Waals surface area contributed by atoms with Gasteiger partial charge in [-0.15, -0.1) is 0 Å². The van der Waals surface area contributed by atoms with E-state index in [-0.39, 0.29) is 0 Å². The third-order valence-corrected chi connectivity index (χ3v) is 2.90. The molecule has 0 radical (unpaired) electrons. The van der Waals surface area contributed by atoms with Crippen LogP contribution in [-0.2, 0) is 6.42 Å². The number of nitrogens with zero attached hydrogens (tertiary/aromatic N) is 1. The van der Waals surface area contributed by atoms with Crippen molar-refractivity contribution in [2.45, 2.75) is 26.2 Å². The van der Waals surface area contributed by atoms with Crippen molar-refractivity contribution in [3.05, 3.63) is 17.0 Å². The SMILES string of the molecule is Cc1[nH]nc2c1C(CN)C(C)C2. The lowest BCUT2D eigenvalue weighted by Gasteiger charge is -2.13. The molecule has 2 rings (SSSR count). The Hall–Kier alpha value is -0.830. The van der Waals surface area contributed by atoms with E-state index in [9.17, 15) is 0 Å². The molecule has 0 aliphatic heterocycles. The fourth-order valence-corrected chi connectivity index (χ4v) is 2.22. The first-order valence-corrected chi connectivity index (χ1v) is 4.47. The minimum absolute atomic E-state index is 0.527. The van der Waals surface area contributed by atoms with Gasteiger partial charge in [-0.05, 0) is 25.8 Å². The van der Waals surface area contributed by atoms with E-state index in [1.54, 1.807) is 0 Å². The summed E-state index contributed by atoms with van der Waals surface area (Å²) < 4.78 is 0. The van der Waals surface area contributed by atoms with E-state index in [2.05, 4.69) is 24.0 Å². The van der Waals surface area contributed by atoms with Crippen LogP contribution in [0.5, 0.6) is 0 Å². The smallest absolute Gasteiger partial charge is 0.0663 e. The second-order valence-electron chi connectivity index (χ2n) is 3.73. The fourth-order valence-electron chi connectivity index (χ4n) is 2.22. The van der Waals surface area contributed by atoms with Crippen LogP contribution in [0.2, 0.25) is 0 Å². The molecule has 3 heteroatoms. The minimum atomic E-state index is 0.527. The third-order valence-electron chi connectivity index (χ3n) is 2.90. The highest BCUT2D eigenvalue weighted by atomic mass is 15.1. The van der Waals surface area contributed by atoms with Gasteiger partial charge in [0.05, 0.1) is 5.69 Å². The Morgan fingerprint density at radius 2 is 2.42 bits per heavy atom. The van der Waals surface area contributed by atoms with Gasteiger partial charge in [-0.1, -0.05) is 6.92 Å². The van der Waals surface area contributed by atoms with Crippen LogP contribution in [0.25, 0.3) is 0 Å². The maximum absolute atomic E-state index is 5.73. The first-order valence-electron chi connectivity index (χ1n) is 4.47. The molecule has 3 nitrogen and oxygen atoms in total. The quantitative estimate of drug-likeness (QED) is 0.651. The molecule has 0 amide bonds. The van der Waals surface area contributed by atoms with Gasteiger partial charge in [-0.3, -0.25) is 5.10 Å². The average molecular weight is 165 g/mol. The van der Waals surface area contributed by atoms with Crippen LogP contribution in [0.4, 0.5) is 0 Å². The first kappa shape index (κ1) is 7.80. The summed E-state index contributed by atoms with van der Waals surface area (Å²) in [6.45, 7) is 5.07. The molecule has 0 aromatic carbocycles. The Morgan fingerprint density at radius 1 is 1.67 bits per heavy atom. The number of nitrogens with one attached hydrogen (secondary N) is 1. The molecule has 0 bridgehead atoms. The Bertz CT molecular complexity index is 290. The Morgan fingerprint density at radius 3 is 3.08 bits per heavy atom. The number of aromatic amines is 1. The number of nitrogens with two attached hydrogens (primary N) is 1. The predicted octanol–water partition coefficient (Wildman–Crippen LogP) is 0.953. The summed E-state index contributed by atoms with van der Waals surface area (Å²) in [4.78, 5) is 0. The van der Waals surface area contributed by atoms with Crippen molar-refractivity contribution in [2.75, 3.05) is 6.54 Å². The summed E-state index contributed by atoms with van der Waals surface area (Å²) >= 11 is 0. The zero-order valence-electron chi connectivity index (χ0n) is 7.59. The summed E-state index contributed by atoms with van der Waals surface area (Å²) in [5, 5.41) is 7.28. The number of hydrogen-bond donors (Lipinski definition) is 2. The standard InChI is InChI=1S/C9H15N3/c1-5-3-8-9(7(5)4-10)6(2)11-12-8/h5,7H,3-4,10H2,1-2H3,(H,11,12). The molecule has 66 valence electrons. The zero-order chi connectivity index (χ0) is 8.72. The van der Waals surface area contributed by atoms with E-state index < -0.39 is 0 Å². The van der Waals surface area contributed by atoms with Crippen molar-refractivity contribution in [2.24, 2.45) is 11.7 Å². The topological polar surface area (TPSA) is 54.7 Å². The van der Waals surface area contributed by atoms with Crippen LogP contribution in [-0.4, -0.2) is 16.7 Å². The molecule has 0 saturated heterocycles. The summed E-state index contributed by atoms with van der Waals surface area (Å²) in [6, 6.07) is 0. The van der Waals surface area contributed by atoms with Crippen molar-refractivity contribution in [1.82, 2.24) is 10.2 Å². The molecule has 2 unspecified atom stereocenters. The average Bonchev–Trinajstić information content (AvgIpc) is 2.52. The van der Waals surface area contributed by atoms with Crippen molar-refractivity contribution >= 4 is 0 Å². The highest BCUT2D eigenvalue weighted by molar-refractivity contribution is 5.34. The Balaban J connectivity index is 2.43. The second kappa shape index (κ2) is 2.59. The van der Waals surface area contributed by atoms with Crippen molar-refractivity contribution < 1.29 is 0 Å². The van der Waals surface area contributed by atoms with Gasteiger partial charge in [-0.25, -0.2) is 0 Å². The van der Waals surface area contributed by atoms with E-state index >= 15 is 0 Å². The summed E-state index contributed by atoms with van der Waals surface area (Å²) in [5.74, 6) is 1.19. The van der Waals surface area contributed by atoms with Gasteiger partial charge < -0.3 is 5.73 Å². The number of fused-ring (bicyclic) bond motifs is 1. The van der Waals surface area contributed by atoms with Gasteiger partial charge in [0.2, 0.25) is 0 Å². The van der Waals surface area contributed by atoms with Crippen LogP contribution in [0.1, 0.15) is 29.8 Å². The Kier molecular flexibility index (Phi) is 1.68. The third kappa shape index (κ3) is 0.894. The van der Waals surface area contributed by atoms with E-state index in [4.69, 9.17) is 5.73 Å². The van der Waals surface area contributed by atoms with Crippen molar-refractivity contribution in [3.63, 3.8) is 0 Å². The predicted molar refractivity (Wildman–Crippen MR) is 48.0 cm³/mol. The van der Waals surface area contributed by atoms with Crippen molar-refractivity contribution in [3.8, 4) is 0 Å². The van der Waals surface area contributed by atoms with E-state index in [0.29, 0.717) is 11.8 Å². The maximum atomic E-state index is 5.73. The number of rotatable bonds is 1. The van der Waals surface area contributed by atoms with Crippen LogP contribution in [0.3, 0.4) is 0 Å². The zero-order valence-corrected chi connectivity index (χ0v) is 7.59. The van der Waals surface area contributed by atoms with Crippen LogP contribution in [0, 0.1) is 12.8 Å². The number of aryl methyl sites for hydroxylation is 1. The molecule has 0 fully saturated rings. The Labute approximate surface area is 72.4 Å². The second-order valence-corrected chi connectivity index (χ2v) is 3.73. The fraction of sp³-hybridized carbons (Fsp3) is 0.667. The monoisotopic (exact) mass is 165 g/mol. The molecule has 1 aromatic rings. The van der Waals surface area contributed by atoms with Gasteiger partial charge in [0.15, 0.2) is 0 Å². The molecule has 0 saturated carbocycles. The van der Waals surface area contributed by atoms with E-state index in [1.807, 2.05) is 0 Å². The molecule has 1 aliphatic rings. The highest BCUT2D eigenvalue weighted by Crippen LogP contribution is 2.37. The van der Waals surface area contributed by atoms with Gasteiger partial charge in [-0.2, -0.15) is 5.10 Å². The molecular weight excluding hydrogens is 150 g/mol. The molecule has 12 heavy (non-hydrogen) atoms. The number of aromatic nitrogens is 2. The largest absolute Gasteiger partial charge is 0.330 e. The number of hydrogen-bond acceptors (Lipinski definition) is 2. The lowest BCUT2D eigenvalue weighted by Crippen LogP contribution is -2.16. The molecular formula is C9H15N3. The maximum Gasteiger partial charge on any atom is 0.0663 e. The number of H-pyrrole nitrogens is 1. The minimum Gasteiger partial charge on any atom is -0.330 e. The molecule has 1 heterocycles. The van der Waals surface area contributed by atoms with Crippen LogP contribution in [0.15, 0.2) is 0 Å². The van der Waals surface area contributed by atoms with Crippen LogP contribution >= 0.6 is 0 Å². The van der Waals surface area contributed by atoms with Gasteiger partial charge in [0, 0.05) is 17.2 Å². The molecule has 0 spiro atoms. The lowest BCUT2D eigenvalue weighted by molar-refractivity contribution is 0.499. The molecule has 1 aromatic heterocycles.